The fraction of sp³-hybridized carbons (Fsp3) is 0.240. The van der Waals surface area contributed by atoms with E-state index in [1.165, 1.54) is 0 Å². The minimum absolute atomic E-state index is 0.0885. The molecule has 2 aromatic carbocycles. The number of allylic oxidation sites excluding steroid dienone is 1. The van der Waals surface area contributed by atoms with Crippen LogP contribution < -0.4 is 16.0 Å². The van der Waals surface area contributed by atoms with Gasteiger partial charge in [0.15, 0.2) is 5.78 Å². The summed E-state index contributed by atoms with van der Waals surface area (Å²) in [4.78, 5) is 29.0. The van der Waals surface area contributed by atoms with Crippen LogP contribution in [0, 0.1) is 16.7 Å². The summed E-state index contributed by atoms with van der Waals surface area (Å²) in [6.07, 6.45) is 0.851. The van der Waals surface area contributed by atoms with Gasteiger partial charge in [-0.1, -0.05) is 50.2 Å². The van der Waals surface area contributed by atoms with Crippen molar-refractivity contribution in [2.24, 2.45) is 11.1 Å². The first-order chi connectivity index (χ1) is 14.8. The maximum Gasteiger partial charge on any atom is 0.245 e. The van der Waals surface area contributed by atoms with Crippen molar-refractivity contribution < 1.29 is 9.59 Å². The van der Waals surface area contributed by atoms with E-state index in [2.05, 4.69) is 11.4 Å². The standard InChI is InChI=1S/C25H22N4O2/c1-24(2)12-19-21(20(30)13-24)25(16-10-6-7-11-18(16)28-23(25)31)17(14-26)22(27)29(19)15-8-4-3-5-9-15/h3-11H,12-13,27H2,1-2H3,(H,28,31). The van der Waals surface area contributed by atoms with Gasteiger partial charge in [-0.25, -0.2) is 0 Å². The van der Waals surface area contributed by atoms with Crippen molar-refractivity contribution in [3.8, 4) is 6.07 Å². The summed E-state index contributed by atoms with van der Waals surface area (Å²) in [5, 5.41) is 13.1. The number of para-hydroxylation sites is 2. The molecule has 6 heteroatoms. The van der Waals surface area contributed by atoms with Gasteiger partial charge in [0.05, 0.1) is 5.57 Å². The lowest BCUT2D eigenvalue weighted by Crippen LogP contribution is -2.52. The average Bonchev–Trinajstić information content (AvgIpc) is 3.00. The number of nitrogens with one attached hydrogen (secondary N) is 1. The van der Waals surface area contributed by atoms with Crippen LogP contribution in [0.25, 0.3) is 0 Å². The number of carbonyl (C=O) groups excluding carboxylic acids is 2. The summed E-state index contributed by atoms with van der Waals surface area (Å²) in [5.41, 5.74) is 7.92. The molecule has 31 heavy (non-hydrogen) atoms. The van der Waals surface area contributed by atoms with Crippen molar-refractivity contribution in [3.63, 3.8) is 0 Å². The third-order valence-electron chi connectivity index (χ3n) is 6.42. The summed E-state index contributed by atoms with van der Waals surface area (Å²) < 4.78 is 0. The number of nitriles is 1. The van der Waals surface area contributed by atoms with Crippen molar-refractivity contribution >= 4 is 23.1 Å². The highest BCUT2D eigenvalue weighted by molar-refractivity contribution is 6.20. The first-order valence-electron chi connectivity index (χ1n) is 10.2. The van der Waals surface area contributed by atoms with Crippen LogP contribution in [0.4, 0.5) is 11.4 Å². The molecule has 3 aliphatic rings. The van der Waals surface area contributed by atoms with Crippen molar-refractivity contribution in [1.29, 1.82) is 5.26 Å². The number of rotatable bonds is 1. The van der Waals surface area contributed by atoms with Crippen molar-refractivity contribution in [1.82, 2.24) is 0 Å². The molecule has 0 bridgehead atoms. The summed E-state index contributed by atoms with van der Waals surface area (Å²) in [7, 11) is 0. The van der Waals surface area contributed by atoms with Crippen molar-refractivity contribution in [3.05, 3.63) is 82.8 Å². The molecule has 0 fully saturated rings. The van der Waals surface area contributed by atoms with Gasteiger partial charge in [-0.05, 0) is 30.0 Å². The maximum atomic E-state index is 13.7. The van der Waals surface area contributed by atoms with Crippen molar-refractivity contribution in [2.45, 2.75) is 32.1 Å². The molecular weight excluding hydrogens is 388 g/mol. The predicted octanol–water partition coefficient (Wildman–Crippen LogP) is 3.73. The van der Waals surface area contributed by atoms with Crippen LogP contribution in [-0.2, 0) is 15.0 Å². The molecule has 1 amide bonds. The lowest BCUT2D eigenvalue weighted by Gasteiger charge is -2.46. The van der Waals surface area contributed by atoms with Crippen molar-refractivity contribution in [2.75, 3.05) is 10.2 Å². The molecule has 6 nitrogen and oxygen atoms in total. The number of hydrogen-bond donors (Lipinski definition) is 2. The number of nitrogens with two attached hydrogens (primary N) is 1. The van der Waals surface area contributed by atoms with E-state index in [4.69, 9.17) is 5.73 Å². The molecule has 2 heterocycles. The van der Waals surface area contributed by atoms with Crippen LogP contribution in [0.2, 0.25) is 0 Å². The Morgan fingerprint density at radius 2 is 1.71 bits per heavy atom. The SMILES string of the molecule is CC1(C)CC(=O)C2=C(C1)N(c1ccccc1)C(N)=C(C#N)C21C(=O)Nc2ccccc21. The molecule has 1 unspecified atom stereocenters. The van der Waals surface area contributed by atoms with Crippen LogP contribution in [-0.4, -0.2) is 11.7 Å². The first-order valence-corrected chi connectivity index (χ1v) is 10.2. The number of anilines is 2. The third-order valence-corrected chi connectivity index (χ3v) is 6.42. The minimum atomic E-state index is -1.52. The van der Waals surface area contributed by atoms with Gasteiger partial charge in [0, 0.05) is 34.6 Å². The summed E-state index contributed by atoms with van der Waals surface area (Å²) >= 11 is 0. The van der Waals surface area contributed by atoms with Gasteiger partial charge < -0.3 is 11.1 Å². The van der Waals surface area contributed by atoms with Gasteiger partial charge in [-0.3, -0.25) is 14.5 Å². The van der Waals surface area contributed by atoms with Gasteiger partial charge in [0.2, 0.25) is 5.91 Å². The molecule has 0 saturated carbocycles. The quantitative estimate of drug-likeness (QED) is 0.746. The Bertz CT molecular complexity index is 1250. The van der Waals surface area contributed by atoms with Gasteiger partial charge in [-0.2, -0.15) is 5.26 Å². The fourth-order valence-corrected chi connectivity index (χ4v) is 5.25. The number of carbonyl (C=O) groups is 2. The number of nitrogens with zero attached hydrogens (tertiary/aromatic N) is 2. The normalized spacial score (nSPS) is 24.1. The lowest BCUT2D eigenvalue weighted by atomic mass is 9.61. The molecule has 0 radical (unpaired) electrons. The number of fused-ring (bicyclic) bond motifs is 3. The zero-order valence-electron chi connectivity index (χ0n) is 17.4. The van der Waals surface area contributed by atoms with Gasteiger partial charge in [-0.15, -0.1) is 0 Å². The van der Waals surface area contributed by atoms with Crippen LogP contribution in [0.1, 0.15) is 32.3 Å². The van der Waals surface area contributed by atoms with E-state index in [1.807, 2.05) is 56.3 Å². The Balaban J connectivity index is 1.91. The predicted molar refractivity (Wildman–Crippen MR) is 118 cm³/mol. The summed E-state index contributed by atoms with van der Waals surface area (Å²) in [6.45, 7) is 4.07. The van der Waals surface area contributed by atoms with Gasteiger partial charge in [0.25, 0.3) is 0 Å². The molecular formula is C25H22N4O2. The first kappa shape index (κ1) is 19.1. The third kappa shape index (κ3) is 2.43. The second kappa shape index (κ2) is 6.32. The molecule has 1 aliphatic carbocycles. The molecule has 3 N–H and O–H groups in total. The highest BCUT2D eigenvalue weighted by atomic mass is 16.2. The van der Waals surface area contributed by atoms with Crippen LogP contribution in [0.15, 0.2) is 77.3 Å². The largest absolute Gasteiger partial charge is 0.384 e. The van der Waals surface area contributed by atoms with E-state index < -0.39 is 11.3 Å². The lowest BCUT2D eigenvalue weighted by molar-refractivity contribution is -0.123. The average molecular weight is 410 g/mol. The Morgan fingerprint density at radius 1 is 1.03 bits per heavy atom. The number of benzene rings is 2. The van der Waals surface area contributed by atoms with Crippen LogP contribution >= 0.6 is 0 Å². The summed E-state index contributed by atoms with van der Waals surface area (Å²) in [6, 6.07) is 18.8. The monoisotopic (exact) mass is 410 g/mol. The molecule has 154 valence electrons. The molecule has 0 saturated heterocycles. The maximum absolute atomic E-state index is 13.7. The highest BCUT2D eigenvalue weighted by Gasteiger charge is 2.61. The number of Topliss-reactive ketones (excluding diaryl/α,β-unsaturated/α-hetero) is 1. The van der Waals surface area contributed by atoms with E-state index in [0.717, 1.165) is 5.69 Å². The minimum Gasteiger partial charge on any atom is -0.384 e. The van der Waals surface area contributed by atoms with Gasteiger partial charge in [0.1, 0.15) is 17.3 Å². The molecule has 1 atom stereocenters. The molecule has 0 aromatic heterocycles. The Kier molecular flexibility index (Phi) is 3.90. The van der Waals surface area contributed by atoms with E-state index in [1.54, 1.807) is 17.0 Å². The fourth-order valence-electron chi connectivity index (χ4n) is 5.25. The molecule has 1 spiro atoms. The smallest absolute Gasteiger partial charge is 0.245 e. The van der Waals surface area contributed by atoms with Gasteiger partial charge >= 0.3 is 0 Å². The Morgan fingerprint density at radius 3 is 2.42 bits per heavy atom. The number of ketones is 1. The highest BCUT2D eigenvalue weighted by Crippen LogP contribution is 2.56. The second-order valence-electron chi connectivity index (χ2n) is 9.06. The van der Waals surface area contributed by atoms with E-state index in [0.29, 0.717) is 35.4 Å². The topological polar surface area (TPSA) is 99.2 Å². The zero-order chi connectivity index (χ0) is 22.0. The van der Waals surface area contributed by atoms with E-state index in [9.17, 15) is 14.9 Å². The Labute approximate surface area is 180 Å². The Hall–Kier alpha value is -3.85. The molecule has 2 aliphatic heterocycles. The van der Waals surface area contributed by atoms with Crippen LogP contribution in [0.5, 0.6) is 0 Å². The second-order valence-corrected chi connectivity index (χ2v) is 9.06. The molecule has 5 rings (SSSR count). The van der Waals surface area contributed by atoms with E-state index >= 15 is 0 Å². The molecule has 2 aromatic rings. The zero-order valence-corrected chi connectivity index (χ0v) is 17.4. The summed E-state index contributed by atoms with van der Waals surface area (Å²) in [5.74, 6) is -0.342. The van der Waals surface area contributed by atoms with Crippen LogP contribution in [0.3, 0.4) is 0 Å². The number of hydrogen-bond acceptors (Lipinski definition) is 5. The number of amides is 1. The van der Waals surface area contributed by atoms with E-state index in [-0.39, 0.29) is 22.6 Å².